The van der Waals surface area contributed by atoms with E-state index < -0.39 is 22.5 Å². The molecule has 0 aliphatic carbocycles. The third-order valence-corrected chi connectivity index (χ3v) is 6.31. The quantitative estimate of drug-likeness (QED) is 0.578. The number of nitrogens with one attached hydrogen (secondary N) is 1. The van der Waals surface area contributed by atoms with Crippen LogP contribution >= 0.6 is 23.2 Å². The van der Waals surface area contributed by atoms with E-state index in [1.165, 1.54) is 30.3 Å². The second kappa shape index (κ2) is 9.31. The van der Waals surface area contributed by atoms with Crippen molar-refractivity contribution in [2.24, 2.45) is 0 Å². The fraction of sp³-hybridized carbons (Fsp3) is 0.0952. The van der Waals surface area contributed by atoms with Gasteiger partial charge < -0.3 is 5.32 Å². The van der Waals surface area contributed by atoms with Gasteiger partial charge in [-0.25, -0.2) is 8.42 Å². The summed E-state index contributed by atoms with van der Waals surface area (Å²) in [6, 6.07) is 21.6. The first-order valence-electron chi connectivity index (χ1n) is 8.71. The Morgan fingerprint density at radius 2 is 1.41 bits per heavy atom. The fourth-order valence-corrected chi connectivity index (χ4v) is 4.64. The summed E-state index contributed by atoms with van der Waals surface area (Å²) < 4.78 is 27.5. The molecule has 5 nitrogen and oxygen atoms in total. The molecule has 150 valence electrons. The van der Waals surface area contributed by atoms with E-state index in [0.717, 1.165) is 9.87 Å². The second-order valence-corrected chi connectivity index (χ2v) is 8.95. The summed E-state index contributed by atoms with van der Waals surface area (Å²) in [4.78, 5) is 12.6. The van der Waals surface area contributed by atoms with Crippen molar-refractivity contribution in [1.29, 1.82) is 0 Å². The van der Waals surface area contributed by atoms with Crippen molar-refractivity contribution in [1.82, 2.24) is 5.32 Å². The Morgan fingerprint density at radius 1 is 0.862 bits per heavy atom. The molecule has 0 unspecified atom stereocenters. The Labute approximate surface area is 179 Å². The highest BCUT2D eigenvalue weighted by molar-refractivity contribution is 7.92. The van der Waals surface area contributed by atoms with Gasteiger partial charge >= 0.3 is 0 Å². The van der Waals surface area contributed by atoms with E-state index in [9.17, 15) is 13.2 Å². The molecule has 0 radical (unpaired) electrons. The molecule has 0 aromatic heterocycles. The number of hydrogen-bond donors (Lipinski definition) is 1. The third kappa shape index (κ3) is 5.50. The minimum Gasteiger partial charge on any atom is -0.350 e. The molecule has 3 aromatic rings. The first-order valence-corrected chi connectivity index (χ1v) is 10.9. The number of rotatable bonds is 7. The van der Waals surface area contributed by atoms with Crippen LogP contribution in [-0.2, 0) is 21.4 Å². The predicted molar refractivity (Wildman–Crippen MR) is 116 cm³/mol. The number of amides is 1. The zero-order chi connectivity index (χ0) is 20.9. The van der Waals surface area contributed by atoms with Gasteiger partial charge in [0.2, 0.25) is 5.91 Å². The molecule has 0 aliphatic heterocycles. The smallest absolute Gasteiger partial charge is 0.264 e. The Balaban J connectivity index is 1.89. The van der Waals surface area contributed by atoms with Crippen molar-refractivity contribution < 1.29 is 13.2 Å². The fourth-order valence-electron chi connectivity index (χ4n) is 2.70. The summed E-state index contributed by atoms with van der Waals surface area (Å²) in [6.45, 7) is -0.129. The van der Waals surface area contributed by atoms with Gasteiger partial charge in [0.1, 0.15) is 6.54 Å². The van der Waals surface area contributed by atoms with Crippen molar-refractivity contribution >= 4 is 44.8 Å². The molecule has 1 amide bonds. The predicted octanol–water partition coefficient (Wildman–Crippen LogP) is 4.51. The number of hydrogen-bond acceptors (Lipinski definition) is 3. The van der Waals surface area contributed by atoms with Crippen LogP contribution in [-0.4, -0.2) is 20.9 Å². The van der Waals surface area contributed by atoms with E-state index >= 15 is 0 Å². The zero-order valence-electron chi connectivity index (χ0n) is 15.3. The summed E-state index contributed by atoms with van der Waals surface area (Å²) in [5.74, 6) is -0.454. The van der Waals surface area contributed by atoms with Crippen LogP contribution in [0.1, 0.15) is 5.56 Å². The van der Waals surface area contributed by atoms with Crippen molar-refractivity contribution in [3.05, 3.63) is 94.5 Å². The molecule has 0 heterocycles. The highest BCUT2D eigenvalue weighted by atomic mass is 35.5. The van der Waals surface area contributed by atoms with Crippen LogP contribution in [0.3, 0.4) is 0 Å². The highest BCUT2D eigenvalue weighted by Gasteiger charge is 2.27. The number of carbonyl (C=O) groups excluding carboxylic acids is 1. The molecule has 0 fully saturated rings. The molecule has 3 aromatic carbocycles. The summed E-state index contributed by atoms with van der Waals surface area (Å²) in [5.41, 5.74) is 1.12. The van der Waals surface area contributed by atoms with Crippen LogP contribution in [0.25, 0.3) is 0 Å². The molecule has 0 saturated carbocycles. The lowest BCUT2D eigenvalue weighted by atomic mass is 10.2. The van der Waals surface area contributed by atoms with Crippen molar-refractivity contribution in [2.75, 3.05) is 10.8 Å². The molecule has 8 heteroatoms. The molecule has 0 spiro atoms. The van der Waals surface area contributed by atoms with E-state index in [2.05, 4.69) is 5.32 Å². The van der Waals surface area contributed by atoms with E-state index in [4.69, 9.17) is 23.2 Å². The Kier molecular flexibility index (Phi) is 6.79. The molecule has 0 aliphatic rings. The number of halogens is 2. The number of benzene rings is 3. The van der Waals surface area contributed by atoms with Gasteiger partial charge in [-0.15, -0.1) is 0 Å². The maximum Gasteiger partial charge on any atom is 0.264 e. The lowest BCUT2D eigenvalue weighted by Gasteiger charge is -2.24. The first-order chi connectivity index (χ1) is 13.9. The minimum atomic E-state index is -4.01. The monoisotopic (exact) mass is 448 g/mol. The maximum atomic E-state index is 13.2. The van der Waals surface area contributed by atoms with E-state index in [1.807, 2.05) is 30.3 Å². The SMILES string of the molecule is O=C(CN(c1cc(Cl)cc(Cl)c1)S(=O)(=O)c1ccccc1)NCc1ccccc1. The zero-order valence-corrected chi connectivity index (χ0v) is 17.6. The Bertz CT molecular complexity index is 1070. The number of nitrogens with zero attached hydrogens (tertiary/aromatic N) is 1. The molecule has 3 rings (SSSR count). The summed E-state index contributed by atoms with van der Waals surface area (Å²) >= 11 is 12.1. The van der Waals surface area contributed by atoms with Gasteiger partial charge in [0.25, 0.3) is 10.0 Å². The number of carbonyl (C=O) groups is 1. The molecular formula is C21H18Cl2N2O3S. The van der Waals surface area contributed by atoms with Crippen LogP contribution in [0.4, 0.5) is 5.69 Å². The van der Waals surface area contributed by atoms with E-state index in [-0.39, 0.29) is 27.2 Å². The standard InChI is InChI=1S/C21H18Cl2N2O3S/c22-17-11-18(23)13-19(12-17)25(29(27,28)20-9-5-2-6-10-20)15-21(26)24-14-16-7-3-1-4-8-16/h1-13H,14-15H2,(H,24,26). The van der Waals surface area contributed by atoms with Crippen molar-refractivity contribution in [3.63, 3.8) is 0 Å². The maximum absolute atomic E-state index is 13.2. The van der Waals surface area contributed by atoms with Gasteiger partial charge in [0.15, 0.2) is 0 Å². The van der Waals surface area contributed by atoms with E-state index in [0.29, 0.717) is 0 Å². The molecule has 0 bridgehead atoms. The van der Waals surface area contributed by atoms with Crippen LogP contribution < -0.4 is 9.62 Å². The molecular weight excluding hydrogens is 431 g/mol. The van der Waals surface area contributed by atoms with Crippen LogP contribution in [0, 0.1) is 0 Å². The van der Waals surface area contributed by atoms with Gasteiger partial charge in [-0.3, -0.25) is 9.10 Å². The Morgan fingerprint density at radius 3 is 2.00 bits per heavy atom. The van der Waals surface area contributed by atoms with Gasteiger partial charge in [-0.05, 0) is 35.9 Å². The largest absolute Gasteiger partial charge is 0.350 e. The van der Waals surface area contributed by atoms with Gasteiger partial charge in [0, 0.05) is 16.6 Å². The molecule has 0 atom stereocenters. The second-order valence-electron chi connectivity index (χ2n) is 6.21. The van der Waals surface area contributed by atoms with Crippen molar-refractivity contribution in [2.45, 2.75) is 11.4 Å². The first kappa shape index (κ1) is 21.2. The van der Waals surface area contributed by atoms with Crippen LogP contribution in [0.2, 0.25) is 10.0 Å². The topological polar surface area (TPSA) is 66.5 Å². The lowest BCUT2D eigenvalue weighted by molar-refractivity contribution is -0.119. The highest BCUT2D eigenvalue weighted by Crippen LogP contribution is 2.29. The van der Waals surface area contributed by atoms with Gasteiger partial charge in [-0.1, -0.05) is 71.7 Å². The third-order valence-electron chi connectivity index (χ3n) is 4.09. The molecule has 0 saturated heterocycles. The minimum absolute atomic E-state index is 0.0620. The summed E-state index contributed by atoms with van der Waals surface area (Å²) in [5, 5.41) is 3.28. The van der Waals surface area contributed by atoms with Crippen LogP contribution in [0.5, 0.6) is 0 Å². The van der Waals surface area contributed by atoms with Gasteiger partial charge in [-0.2, -0.15) is 0 Å². The molecule has 29 heavy (non-hydrogen) atoms. The molecule has 1 N–H and O–H groups in total. The normalized spacial score (nSPS) is 11.1. The van der Waals surface area contributed by atoms with Crippen LogP contribution in [0.15, 0.2) is 83.8 Å². The summed E-state index contributed by atoms with van der Waals surface area (Å²) in [6.07, 6.45) is 0. The lowest BCUT2D eigenvalue weighted by Crippen LogP contribution is -2.40. The number of sulfonamides is 1. The van der Waals surface area contributed by atoms with Crippen molar-refractivity contribution in [3.8, 4) is 0 Å². The number of anilines is 1. The van der Waals surface area contributed by atoms with Gasteiger partial charge in [0.05, 0.1) is 10.6 Å². The average molecular weight is 449 g/mol. The average Bonchev–Trinajstić information content (AvgIpc) is 2.71. The Hall–Kier alpha value is -2.54. The van der Waals surface area contributed by atoms with E-state index in [1.54, 1.807) is 18.2 Å². The summed E-state index contributed by atoms with van der Waals surface area (Å²) in [7, 11) is -4.01.